The summed E-state index contributed by atoms with van der Waals surface area (Å²) in [7, 11) is 0. The number of carbonyl (C=O) groups is 1. The molecule has 8 heteroatoms. The first-order valence-electron chi connectivity index (χ1n) is 6.38. The number of aromatic amines is 1. The van der Waals surface area contributed by atoms with Gasteiger partial charge >= 0.3 is 0 Å². The molecule has 0 fully saturated rings. The van der Waals surface area contributed by atoms with E-state index in [-0.39, 0.29) is 17.2 Å². The summed E-state index contributed by atoms with van der Waals surface area (Å²) in [5.74, 6) is 0.639. The van der Waals surface area contributed by atoms with Gasteiger partial charge in [0, 0.05) is 17.8 Å². The first kappa shape index (κ1) is 14.6. The molecule has 7 nitrogen and oxygen atoms in total. The molecular formula is C12H17N5O2S. The first-order chi connectivity index (χ1) is 9.54. The number of thioether (sulfide) groups is 1. The molecular weight excluding hydrogens is 278 g/mol. The molecule has 2 rings (SSSR count). The van der Waals surface area contributed by atoms with Crippen molar-refractivity contribution in [2.75, 3.05) is 12.3 Å². The fraction of sp³-hybridized carbons (Fsp3) is 0.500. The van der Waals surface area contributed by atoms with Gasteiger partial charge in [0.25, 0.3) is 5.56 Å². The lowest BCUT2D eigenvalue weighted by Gasteiger charge is -2.05. The van der Waals surface area contributed by atoms with Crippen molar-refractivity contribution in [1.82, 2.24) is 24.9 Å². The van der Waals surface area contributed by atoms with Crippen LogP contribution in [0.2, 0.25) is 0 Å². The fourth-order valence-electron chi connectivity index (χ4n) is 1.72. The normalized spacial score (nSPS) is 10.9. The van der Waals surface area contributed by atoms with Crippen molar-refractivity contribution in [3.8, 4) is 0 Å². The van der Waals surface area contributed by atoms with Crippen molar-refractivity contribution in [1.29, 1.82) is 0 Å². The first-order valence-corrected chi connectivity index (χ1v) is 7.37. The average Bonchev–Trinajstić information content (AvgIpc) is 2.83. The molecule has 2 aromatic rings. The maximum Gasteiger partial charge on any atom is 0.255 e. The topological polar surface area (TPSA) is 92.2 Å². The zero-order valence-corrected chi connectivity index (χ0v) is 12.5. The Hall–Kier alpha value is -1.83. The number of aryl methyl sites for hydroxylation is 1. The van der Waals surface area contributed by atoms with Crippen molar-refractivity contribution in [3.63, 3.8) is 0 Å². The minimum Gasteiger partial charge on any atom is -0.355 e. The molecule has 0 aliphatic rings. The van der Waals surface area contributed by atoms with Crippen LogP contribution in [0.25, 0.3) is 5.78 Å². The third kappa shape index (κ3) is 2.84. The summed E-state index contributed by atoms with van der Waals surface area (Å²) in [5.41, 5.74) is 1.24. The zero-order valence-electron chi connectivity index (χ0n) is 11.7. The van der Waals surface area contributed by atoms with Gasteiger partial charge in [-0.3, -0.25) is 19.0 Å². The number of rotatable bonds is 5. The Kier molecular flexibility index (Phi) is 4.43. The lowest BCUT2D eigenvalue weighted by atomic mass is 10.3. The fourth-order valence-corrected chi connectivity index (χ4v) is 2.53. The number of nitrogens with zero attached hydrogens (tertiary/aromatic N) is 3. The van der Waals surface area contributed by atoms with Gasteiger partial charge in [0.05, 0.1) is 5.75 Å². The summed E-state index contributed by atoms with van der Waals surface area (Å²) in [5, 5.41) is 11.3. The van der Waals surface area contributed by atoms with Gasteiger partial charge in [-0.15, -0.1) is 10.2 Å². The van der Waals surface area contributed by atoms with E-state index in [1.54, 1.807) is 11.3 Å². The summed E-state index contributed by atoms with van der Waals surface area (Å²) in [4.78, 5) is 25.9. The van der Waals surface area contributed by atoms with Gasteiger partial charge < -0.3 is 5.32 Å². The smallest absolute Gasteiger partial charge is 0.255 e. The molecule has 0 aromatic carbocycles. The van der Waals surface area contributed by atoms with E-state index in [4.69, 9.17) is 0 Å². The summed E-state index contributed by atoms with van der Waals surface area (Å²) in [6, 6.07) is 0. The lowest BCUT2D eigenvalue weighted by molar-refractivity contribution is -0.118. The number of amides is 1. The minimum atomic E-state index is -0.167. The van der Waals surface area contributed by atoms with Crippen LogP contribution in [0.5, 0.6) is 0 Å². The lowest BCUT2D eigenvalue weighted by Crippen LogP contribution is -2.25. The van der Waals surface area contributed by atoms with Gasteiger partial charge in [-0.1, -0.05) is 18.7 Å². The number of nitrogens with one attached hydrogen (secondary N) is 2. The van der Waals surface area contributed by atoms with Gasteiger partial charge in [0.1, 0.15) is 0 Å². The average molecular weight is 295 g/mol. The molecule has 0 aliphatic heterocycles. The van der Waals surface area contributed by atoms with Crippen molar-refractivity contribution < 1.29 is 4.79 Å². The Bertz CT molecular complexity index is 691. The molecule has 0 saturated heterocycles. The predicted molar refractivity (Wildman–Crippen MR) is 77.1 cm³/mol. The Labute approximate surface area is 120 Å². The van der Waals surface area contributed by atoms with E-state index in [2.05, 4.69) is 20.5 Å². The number of H-pyrrole nitrogens is 1. The number of carbonyl (C=O) groups excluding carboxylic acids is 1. The number of fused-ring (bicyclic) bond motifs is 1. The monoisotopic (exact) mass is 295 g/mol. The van der Waals surface area contributed by atoms with Crippen LogP contribution in [0.15, 0.2) is 9.95 Å². The quantitative estimate of drug-likeness (QED) is 0.790. The highest BCUT2D eigenvalue weighted by molar-refractivity contribution is 7.99. The second-order valence-corrected chi connectivity index (χ2v) is 5.39. The van der Waals surface area contributed by atoms with Crippen LogP contribution in [0.4, 0.5) is 0 Å². The molecule has 2 heterocycles. The van der Waals surface area contributed by atoms with Gasteiger partial charge in [-0.25, -0.2) is 0 Å². The van der Waals surface area contributed by atoms with Crippen LogP contribution in [-0.2, 0) is 4.79 Å². The highest BCUT2D eigenvalue weighted by atomic mass is 32.2. The van der Waals surface area contributed by atoms with Crippen LogP contribution in [0.3, 0.4) is 0 Å². The van der Waals surface area contributed by atoms with Crippen LogP contribution in [0.1, 0.15) is 24.6 Å². The molecule has 108 valence electrons. The van der Waals surface area contributed by atoms with E-state index >= 15 is 0 Å². The van der Waals surface area contributed by atoms with Gasteiger partial charge in [-0.2, -0.15) is 0 Å². The summed E-state index contributed by atoms with van der Waals surface area (Å²) in [6.45, 7) is 6.26. The van der Waals surface area contributed by atoms with E-state index in [1.807, 2.05) is 13.8 Å². The minimum absolute atomic E-state index is 0.0348. The molecule has 0 aliphatic carbocycles. The molecule has 0 bridgehead atoms. The van der Waals surface area contributed by atoms with Gasteiger partial charge in [-0.05, 0) is 20.3 Å². The zero-order chi connectivity index (χ0) is 14.7. The molecule has 1 amide bonds. The van der Waals surface area contributed by atoms with Crippen LogP contribution in [0, 0.1) is 13.8 Å². The second-order valence-electron chi connectivity index (χ2n) is 4.44. The Morgan fingerprint density at radius 3 is 2.85 bits per heavy atom. The highest BCUT2D eigenvalue weighted by Crippen LogP contribution is 2.17. The second kappa shape index (κ2) is 6.08. The van der Waals surface area contributed by atoms with E-state index < -0.39 is 0 Å². The highest BCUT2D eigenvalue weighted by Gasteiger charge is 2.13. The maximum absolute atomic E-state index is 11.6. The molecule has 20 heavy (non-hydrogen) atoms. The summed E-state index contributed by atoms with van der Waals surface area (Å²) < 4.78 is 1.76. The van der Waals surface area contributed by atoms with E-state index in [9.17, 15) is 9.59 Å². The SMILES string of the molecule is CCCNC(=O)CSc1nnc2[nH]c(=O)c(C)c(C)n12. The van der Waals surface area contributed by atoms with E-state index in [0.717, 1.165) is 12.1 Å². The molecule has 0 unspecified atom stereocenters. The molecule has 2 aromatic heterocycles. The standard InChI is InChI=1S/C12H17N5O2S/c1-4-5-13-9(18)6-20-12-16-15-11-14-10(19)7(2)8(3)17(11)12/h4-6H2,1-3H3,(H,13,18)(H,14,15,19). The number of hydrogen-bond acceptors (Lipinski definition) is 5. The van der Waals surface area contributed by atoms with Crippen LogP contribution in [-0.4, -0.2) is 37.8 Å². The van der Waals surface area contributed by atoms with Crippen LogP contribution >= 0.6 is 11.8 Å². The summed E-state index contributed by atoms with van der Waals surface area (Å²) in [6.07, 6.45) is 0.907. The van der Waals surface area contributed by atoms with E-state index in [1.165, 1.54) is 11.8 Å². The van der Waals surface area contributed by atoms with Crippen molar-refractivity contribution in [2.24, 2.45) is 0 Å². The maximum atomic E-state index is 11.6. The molecule has 0 saturated carbocycles. The molecule has 0 spiro atoms. The molecule has 0 atom stereocenters. The van der Waals surface area contributed by atoms with Crippen molar-refractivity contribution >= 4 is 23.4 Å². The molecule has 2 N–H and O–H groups in total. The Morgan fingerprint density at radius 2 is 2.15 bits per heavy atom. The summed E-state index contributed by atoms with van der Waals surface area (Å²) >= 11 is 1.30. The number of hydrogen-bond donors (Lipinski definition) is 2. The third-order valence-corrected chi connectivity index (χ3v) is 3.91. The number of aromatic nitrogens is 4. The van der Waals surface area contributed by atoms with Crippen molar-refractivity contribution in [3.05, 3.63) is 21.6 Å². The van der Waals surface area contributed by atoms with Crippen molar-refractivity contribution in [2.45, 2.75) is 32.3 Å². The third-order valence-electron chi connectivity index (χ3n) is 2.98. The largest absolute Gasteiger partial charge is 0.355 e. The predicted octanol–water partition coefficient (Wildman–Crippen LogP) is 0.653. The Balaban J connectivity index is 2.21. The van der Waals surface area contributed by atoms with E-state index in [0.29, 0.717) is 23.0 Å². The van der Waals surface area contributed by atoms with Gasteiger partial charge in [0.15, 0.2) is 5.16 Å². The van der Waals surface area contributed by atoms with Crippen LogP contribution < -0.4 is 10.9 Å². The Morgan fingerprint density at radius 1 is 1.40 bits per heavy atom. The molecule has 0 radical (unpaired) electrons. The van der Waals surface area contributed by atoms with Gasteiger partial charge in [0.2, 0.25) is 11.7 Å².